The summed E-state index contributed by atoms with van der Waals surface area (Å²) in [6.07, 6.45) is 0.641. The van der Waals surface area contributed by atoms with E-state index >= 15 is 0 Å². The van der Waals surface area contributed by atoms with Gasteiger partial charge < -0.3 is 15.7 Å². The Balaban J connectivity index is 2.06. The lowest BCUT2D eigenvalue weighted by molar-refractivity contribution is 0.475. The molecule has 2 rings (SSSR count). The van der Waals surface area contributed by atoms with E-state index in [1.165, 1.54) is 0 Å². The Kier molecular flexibility index (Phi) is 3.47. The van der Waals surface area contributed by atoms with Crippen LogP contribution in [-0.2, 0) is 6.42 Å². The minimum Gasteiger partial charge on any atom is -0.508 e. The summed E-state index contributed by atoms with van der Waals surface area (Å²) in [4.78, 5) is 6.12. The molecule has 0 radical (unpaired) electrons. The highest BCUT2D eigenvalue weighted by atomic mass is 16.3. The number of nitrogens with zero attached hydrogens (tertiary/aromatic N) is 3. The highest BCUT2D eigenvalue weighted by Gasteiger charge is 2.13. The van der Waals surface area contributed by atoms with Crippen molar-refractivity contribution in [3.05, 3.63) is 35.7 Å². The molecule has 1 aromatic carbocycles. The normalized spacial score (nSPS) is 12.4. The van der Waals surface area contributed by atoms with Crippen molar-refractivity contribution in [3.63, 3.8) is 0 Å². The van der Waals surface area contributed by atoms with Gasteiger partial charge in [0, 0.05) is 14.1 Å². The zero-order chi connectivity index (χ0) is 13.1. The average molecular weight is 247 g/mol. The summed E-state index contributed by atoms with van der Waals surface area (Å²) in [6.45, 7) is 0. The molecule has 0 aliphatic carbocycles. The van der Waals surface area contributed by atoms with Crippen LogP contribution in [0.4, 0.5) is 5.95 Å². The fraction of sp³-hybridized carbons (Fsp3) is 0.333. The SMILES string of the molecule is CN(C)c1n[nH]c([C@H](N)Cc2ccc(O)cc2)n1. The van der Waals surface area contributed by atoms with E-state index < -0.39 is 0 Å². The molecule has 1 aromatic heterocycles. The maximum Gasteiger partial charge on any atom is 0.244 e. The van der Waals surface area contributed by atoms with Crippen molar-refractivity contribution in [2.45, 2.75) is 12.5 Å². The first-order valence-electron chi connectivity index (χ1n) is 5.69. The van der Waals surface area contributed by atoms with Crippen LogP contribution in [0.5, 0.6) is 5.75 Å². The van der Waals surface area contributed by atoms with E-state index in [0.29, 0.717) is 18.2 Å². The molecule has 1 heterocycles. The average Bonchev–Trinajstić information content (AvgIpc) is 2.81. The van der Waals surface area contributed by atoms with Crippen LogP contribution >= 0.6 is 0 Å². The van der Waals surface area contributed by atoms with Gasteiger partial charge >= 0.3 is 0 Å². The number of benzene rings is 1. The molecule has 0 bridgehead atoms. The van der Waals surface area contributed by atoms with Crippen molar-refractivity contribution >= 4 is 5.95 Å². The lowest BCUT2D eigenvalue weighted by Crippen LogP contribution is -2.15. The van der Waals surface area contributed by atoms with Crippen LogP contribution in [-0.4, -0.2) is 34.4 Å². The van der Waals surface area contributed by atoms with Gasteiger partial charge in [-0.15, -0.1) is 5.10 Å². The first kappa shape index (κ1) is 12.4. The molecule has 2 aromatic rings. The fourth-order valence-electron chi connectivity index (χ4n) is 1.61. The standard InChI is InChI=1S/C12H17N5O/c1-17(2)12-14-11(15-16-12)10(13)7-8-3-5-9(18)6-4-8/h3-6,10,18H,7,13H2,1-2H3,(H,14,15,16)/t10-/m1/s1. The molecule has 6 heteroatoms. The monoisotopic (exact) mass is 247 g/mol. The third kappa shape index (κ3) is 2.78. The van der Waals surface area contributed by atoms with Crippen molar-refractivity contribution in [1.82, 2.24) is 15.2 Å². The molecule has 0 unspecified atom stereocenters. The zero-order valence-electron chi connectivity index (χ0n) is 10.5. The summed E-state index contributed by atoms with van der Waals surface area (Å²) in [5.41, 5.74) is 7.11. The number of anilines is 1. The van der Waals surface area contributed by atoms with Crippen molar-refractivity contribution in [3.8, 4) is 5.75 Å². The summed E-state index contributed by atoms with van der Waals surface area (Å²) < 4.78 is 0. The molecule has 4 N–H and O–H groups in total. The van der Waals surface area contributed by atoms with Gasteiger partial charge in [-0.2, -0.15) is 4.98 Å². The van der Waals surface area contributed by atoms with Gasteiger partial charge in [0.05, 0.1) is 6.04 Å². The molecule has 0 spiro atoms. The molecule has 0 aliphatic rings. The topological polar surface area (TPSA) is 91.1 Å². The predicted molar refractivity (Wildman–Crippen MR) is 69.4 cm³/mol. The number of phenolic OH excluding ortho intramolecular Hbond substituents is 1. The third-order valence-corrected chi connectivity index (χ3v) is 2.63. The number of hydrogen-bond donors (Lipinski definition) is 3. The van der Waals surface area contributed by atoms with Gasteiger partial charge in [-0.1, -0.05) is 12.1 Å². The van der Waals surface area contributed by atoms with Gasteiger partial charge in [-0.3, -0.25) is 5.10 Å². The number of nitrogens with two attached hydrogens (primary N) is 1. The van der Waals surface area contributed by atoms with Crippen molar-refractivity contribution in [2.75, 3.05) is 19.0 Å². The first-order chi connectivity index (χ1) is 8.56. The van der Waals surface area contributed by atoms with E-state index in [0.717, 1.165) is 5.56 Å². The summed E-state index contributed by atoms with van der Waals surface area (Å²) in [5, 5.41) is 16.1. The Labute approximate surface area is 105 Å². The second-order valence-corrected chi connectivity index (χ2v) is 4.39. The molecule has 0 amide bonds. The van der Waals surface area contributed by atoms with Crippen LogP contribution in [0.3, 0.4) is 0 Å². The minimum atomic E-state index is -0.240. The van der Waals surface area contributed by atoms with Crippen LogP contribution in [0, 0.1) is 0 Å². The maximum absolute atomic E-state index is 9.21. The largest absolute Gasteiger partial charge is 0.508 e. The highest BCUT2D eigenvalue weighted by Crippen LogP contribution is 2.16. The molecule has 6 nitrogen and oxygen atoms in total. The Morgan fingerprint density at radius 2 is 2.00 bits per heavy atom. The molecule has 0 fully saturated rings. The van der Waals surface area contributed by atoms with Gasteiger partial charge in [0.2, 0.25) is 5.95 Å². The van der Waals surface area contributed by atoms with Gasteiger partial charge in [-0.25, -0.2) is 0 Å². The summed E-state index contributed by atoms with van der Waals surface area (Å²) in [6, 6.07) is 6.74. The lowest BCUT2D eigenvalue weighted by Gasteiger charge is -2.08. The number of nitrogens with one attached hydrogen (secondary N) is 1. The van der Waals surface area contributed by atoms with E-state index in [1.807, 2.05) is 31.1 Å². The van der Waals surface area contributed by atoms with E-state index in [-0.39, 0.29) is 11.8 Å². The quantitative estimate of drug-likeness (QED) is 0.744. The van der Waals surface area contributed by atoms with Crippen molar-refractivity contribution in [2.24, 2.45) is 5.73 Å². The molecule has 0 aliphatic heterocycles. The van der Waals surface area contributed by atoms with Crippen LogP contribution in [0.25, 0.3) is 0 Å². The third-order valence-electron chi connectivity index (χ3n) is 2.63. The predicted octanol–water partition coefficient (Wildman–Crippen LogP) is 0.819. The number of aromatic hydroxyl groups is 1. The lowest BCUT2D eigenvalue weighted by atomic mass is 10.1. The second kappa shape index (κ2) is 5.05. The molecule has 0 saturated carbocycles. The minimum absolute atomic E-state index is 0.240. The molecule has 0 saturated heterocycles. The van der Waals surface area contributed by atoms with Crippen molar-refractivity contribution < 1.29 is 5.11 Å². The van der Waals surface area contributed by atoms with Crippen LogP contribution < -0.4 is 10.6 Å². The van der Waals surface area contributed by atoms with E-state index in [9.17, 15) is 5.11 Å². The van der Waals surface area contributed by atoms with Gasteiger partial charge in [0.25, 0.3) is 0 Å². The second-order valence-electron chi connectivity index (χ2n) is 4.39. The maximum atomic E-state index is 9.21. The molecule has 1 atom stereocenters. The van der Waals surface area contributed by atoms with E-state index in [1.54, 1.807) is 12.1 Å². The summed E-state index contributed by atoms with van der Waals surface area (Å²) >= 11 is 0. The molecule has 96 valence electrons. The number of H-pyrrole nitrogens is 1. The number of rotatable bonds is 4. The molecule has 18 heavy (non-hydrogen) atoms. The van der Waals surface area contributed by atoms with Crippen LogP contribution in [0.15, 0.2) is 24.3 Å². The highest BCUT2D eigenvalue weighted by molar-refractivity contribution is 5.28. The van der Waals surface area contributed by atoms with E-state index in [4.69, 9.17) is 5.73 Å². The Hall–Kier alpha value is -2.08. The summed E-state index contributed by atoms with van der Waals surface area (Å²) in [7, 11) is 3.75. The fourth-order valence-corrected chi connectivity index (χ4v) is 1.61. The number of aromatic nitrogens is 3. The Bertz CT molecular complexity index is 505. The zero-order valence-corrected chi connectivity index (χ0v) is 10.5. The number of aromatic amines is 1. The number of hydrogen-bond acceptors (Lipinski definition) is 5. The number of phenols is 1. The molecular weight excluding hydrogens is 230 g/mol. The Morgan fingerprint density at radius 1 is 1.33 bits per heavy atom. The molecular formula is C12H17N5O. The first-order valence-corrected chi connectivity index (χ1v) is 5.69. The smallest absolute Gasteiger partial charge is 0.244 e. The van der Waals surface area contributed by atoms with Gasteiger partial charge in [-0.05, 0) is 24.1 Å². The van der Waals surface area contributed by atoms with E-state index in [2.05, 4.69) is 15.2 Å². The van der Waals surface area contributed by atoms with Crippen LogP contribution in [0.1, 0.15) is 17.4 Å². The summed E-state index contributed by atoms with van der Waals surface area (Å²) in [5.74, 6) is 1.53. The van der Waals surface area contributed by atoms with Crippen molar-refractivity contribution in [1.29, 1.82) is 0 Å². The van der Waals surface area contributed by atoms with Gasteiger partial charge in [0.15, 0.2) is 0 Å². The van der Waals surface area contributed by atoms with Crippen LogP contribution in [0.2, 0.25) is 0 Å². The Morgan fingerprint density at radius 3 is 2.56 bits per heavy atom. The van der Waals surface area contributed by atoms with Gasteiger partial charge in [0.1, 0.15) is 11.6 Å².